The standard InChI is InChI=1S/C41H41N7O4/c1-23-29(5-3-7-31(23)40-46-38-36(52-40)18-32-34(45-38)9-10-35(32)48-16-12-27(21-48)41(50)51)30-6-4-8-33(24(30)2)44-39-37-26(11-14-42-39)17-25(19-43-37)20-47-15-13-28(49)22-47/h3-8,11,14,17-19,27-28,35,49H,9-10,12-13,15-16,20-22H2,1-2H3,(H,42,44)(H,50,51)/t27-,28-,35-/m1/s1. The zero-order valence-corrected chi connectivity index (χ0v) is 29.3. The van der Waals surface area contributed by atoms with Crippen molar-refractivity contribution in [1.82, 2.24) is 29.7 Å². The number of carbonyl (C=O) groups is 1. The summed E-state index contributed by atoms with van der Waals surface area (Å²) in [5, 5.41) is 24.1. The molecule has 0 saturated carbocycles. The molecule has 4 aromatic heterocycles. The topological polar surface area (TPSA) is 141 Å². The molecule has 0 unspecified atom stereocenters. The van der Waals surface area contributed by atoms with Crippen molar-refractivity contribution in [2.24, 2.45) is 5.92 Å². The molecule has 0 bridgehead atoms. The molecule has 9 rings (SSSR count). The number of pyridine rings is 3. The maximum absolute atomic E-state index is 11.6. The third-order valence-electron chi connectivity index (χ3n) is 11.3. The predicted molar refractivity (Wildman–Crippen MR) is 199 cm³/mol. The van der Waals surface area contributed by atoms with Crippen LogP contribution in [0.3, 0.4) is 0 Å². The highest BCUT2D eigenvalue weighted by Crippen LogP contribution is 2.41. The smallest absolute Gasteiger partial charge is 0.307 e. The number of aliphatic carboxylic acids is 1. The lowest BCUT2D eigenvalue weighted by atomic mass is 9.93. The number of anilines is 2. The molecule has 3 aliphatic rings. The lowest BCUT2D eigenvalue weighted by Crippen LogP contribution is -2.26. The number of nitrogens with one attached hydrogen (secondary N) is 1. The van der Waals surface area contributed by atoms with Gasteiger partial charge >= 0.3 is 5.97 Å². The summed E-state index contributed by atoms with van der Waals surface area (Å²) in [6, 6.07) is 18.9. The fourth-order valence-corrected chi connectivity index (χ4v) is 8.45. The van der Waals surface area contributed by atoms with Crippen molar-refractivity contribution < 1.29 is 19.4 Å². The molecule has 2 fully saturated rings. The number of carboxylic acid groups (broad SMARTS) is 1. The first kappa shape index (κ1) is 32.7. The molecule has 2 aromatic carbocycles. The minimum atomic E-state index is -0.713. The number of aliphatic hydroxyl groups excluding tert-OH is 1. The monoisotopic (exact) mass is 695 g/mol. The highest BCUT2D eigenvalue weighted by molar-refractivity contribution is 5.91. The molecule has 6 aromatic rings. The molecule has 6 heterocycles. The molecular formula is C41H41N7O4. The van der Waals surface area contributed by atoms with Gasteiger partial charge in [-0.3, -0.25) is 19.6 Å². The Kier molecular flexibility index (Phi) is 8.21. The fraction of sp³-hybridized carbons (Fsp3) is 0.341. The quantitative estimate of drug-likeness (QED) is 0.155. The van der Waals surface area contributed by atoms with Gasteiger partial charge in [-0.1, -0.05) is 24.3 Å². The summed E-state index contributed by atoms with van der Waals surface area (Å²) < 4.78 is 6.42. The maximum Gasteiger partial charge on any atom is 0.307 e. The number of fused-ring (bicyclic) bond motifs is 3. The molecule has 11 heteroatoms. The van der Waals surface area contributed by atoms with Crippen molar-refractivity contribution in [2.75, 3.05) is 31.5 Å². The van der Waals surface area contributed by atoms with Crippen LogP contribution in [0.4, 0.5) is 11.5 Å². The van der Waals surface area contributed by atoms with E-state index in [2.05, 4.69) is 70.3 Å². The fourth-order valence-electron chi connectivity index (χ4n) is 8.45. The Bertz CT molecular complexity index is 2360. The van der Waals surface area contributed by atoms with Crippen molar-refractivity contribution >= 4 is 39.6 Å². The van der Waals surface area contributed by atoms with E-state index < -0.39 is 5.97 Å². The number of aliphatic hydroxyl groups is 1. The van der Waals surface area contributed by atoms with Crippen LogP contribution in [-0.2, 0) is 17.8 Å². The summed E-state index contributed by atoms with van der Waals surface area (Å²) in [5.74, 6) is 0.212. The lowest BCUT2D eigenvalue weighted by molar-refractivity contribution is -0.141. The number of oxazole rings is 1. The second kappa shape index (κ2) is 13.1. The Hall–Kier alpha value is -5.23. The van der Waals surface area contributed by atoms with Gasteiger partial charge in [0.2, 0.25) is 5.89 Å². The minimum Gasteiger partial charge on any atom is -0.481 e. The van der Waals surface area contributed by atoms with Crippen molar-refractivity contribution in [3.8, 4) is 22.6 Å². The summed E-state index contributed by atoms with van der Waals surface area (Å²) >= 11 is 0. The van der Waals surface area contributed by atoms with Crippen LogP contribution in [0.25, 0.3) is 44.7 Å². The SMILES string of the molecule is Cc1c(Nc2nccc3cc(CN4CC[C@@H](O)C4)cnc23)cccc1-c1cccc(-c2nc3nc4c(cc3o2)[C@H](N2CC[C@@H](C(=O)O)C2)CC4)c1C. The van der Waals surface area contributed by atoms with Gasteiger partial charge in [-0.15, -0.1) is 0 Å². The van der Waals surface area contributed by atoms with Crippen LogP contribution >= 0.6 is 0 Å². The van der Waals surface area contributed by atoms with Gasteiger partial charge in [-0.2, -0.15) is 4.98 Å². The summed E-state index contributed by atoms with van der Waals surface area (Å²) in [4.78, 5) is 35.4. The van der Waals surface area contributed by atoms with Crippen LogP contribution in [0.2, 0.25) is 0 Å². The molecule has 3 atom stereocenters. The zero-order valence-electron chi connectivity index (χ0n) is 29.3. The number of β-amino-alcohol motifs (C(OH)–C–C–N with tert-alkyl or cyclic N) is 1. The second-order valence-electron chi connectivity index (χ2n) is 14.6. The van der Waals surface area contributed by atoms with Gasteiger partial charge in [0, 0.05) is 66.9 Å². The van der Waals surface area contributed by atoms with Crippen LogP contribution in [0.15, 0.2) is 71.4 Å². The summed E-state index contributed by atoms with van der Waals surface area (Å²) in [7, 11) is 0. The Morgan fingerprint density at radius 2 is 1.77 bits per heavy atom. The van der Waals surface area contributed by atoms with E-state index in [1.54, 1.807) is 0 Å². The van der Waals surface area contributed by atoms with E-state index in [0.717, 1.165) is 100 Å². The molecule has 3 N–H and O–H groups in total. The summed E-state index contributed by atoms with van der Waals surface area (Å²) in [5.41, 5.74) is 11.5. The van der Waals surface area contributed by atoms with Gasteiger partial charge < -0.3 is 19.9 Å². The van der Waals surface area contributed by atoms with Crippen LogP contribution in [0, 0.1) is 19.8 Å². The Labute approximate surface area is 301 Å². The molecule has 0 spiro atoms. The van der Waals surface area contributed by atoms with Gasteiger partial charge in [0.1, 0.15) is 5.52 Å². The second-order valence-corrected chi connectivity index (χ2v) is 14.6. The largest absolute Gasteiger partial charge is 0.481 e. The summed E-state index contributed by atoms with van der Waals surface area (Å²) in [6.45, 7) is 7.94. The predicted octanol–water partition coefficient (Wildman–Crippen LogP) is 6.82. The van der Waals surface area contributed by atoms with Gasteiger partial charge in [-0.05, 0) is 110 Å². The Morgan fingerprint density at radius 1 is 0.942 bits per heavy atom. The van der Waals surface area contributed by atoms with E-state index in [1.165, 1.54) is 0 Å². The van der Waals surface area contributed by atoms with Gasteiger partial charge in [0.15, 0.2) is 17.0 Å². The average molecular weight is 696 g/mol. The molecule has 1 aliphatic carbocycles. The van der Waals surface area contributed by atoms with Crippen LogP contribution in [0.1, 0.15) is 53.3 Å². The van der Waals surface area contributed by atoms with Crippen molar-refractivity contribution in [2.45, 2.75) is 58.2 Å². The van der Waals surface area contributed by atoms with Crippen molar-refractivity contribution in [3.05, 3.63) is 94.9 Å². The van der Waals surface area contributed by atoms with Crippen LogP contribution in [0.5, 0.6) is 0 Å². The zero-order chi connectivity index (χ0) is 35.5. The first-order valence-electron chi connectivity index (χ1n) is 18.2. The number of hydrogen-bond acceptors (Lipinski definition) is 10. The average Bonchev–Trinajstić information content (AvgIpc) is 3.95. The van der Waals surface area contributed by atoms with E-state index in [4.69, 9.17) is 19.4 Å². The lowest BCUT2D eigenvalue weighted by Gasteiger charge is -2.24. The maximum atomic E-state index is 11.6. The molecule has 0 amide bonds. The number of rotatable bonds is 8. The number of carboxylic acids is 1. The van der Waals surface area contributed by atoms with Gasteiger partial charge in [0.05, 0.1) is 12.0 Å². The van der Waals surface area contributed by atoms with E-state index in [9.17, 15) is 15.0 Å². The first-order chi connectivity index (χ1) is 25.3. The first-order valence-corrected chi connectivity index (χ1v) is 18.2. The highest BCUT2D eigenvalue weighted by atomic mass is 16.4. The molecule has 2 saturated heterocycles. The van der Waals surface area contributed by atoms with E-state index in [1.807, 2.05) is 30.6 Å². The van der Waals surface area contributed by atoms with Gasteiger partial charge in [0.25, 0.3) is 0 Å². The third-order valence-corrected chi connectivity index (χ3v) is 11.3. The molecular weight excluding hydrogens is 654 g/mol. The Balaban J connectivity index is 0.986. The van der Waals surface area contributed by atoms with Crippen LogP contribution < -0.4 is 5.32 Å². The van der Waals surface area contributed by atoms with Crippen molar-refractivity contribution in [3.63, 3.8) is 0 Å². The molecule has 2 aliphatic heterocycles. The number of hydrogen-bond donors (Lipinski definition) is 3. The molecule has 264 valence electrons. The van der Waals surface area contributed by atoms with Crippen molar-refractivity contribution in [1.29, 1.82) is 0 Å². The summed E-state index contributed by atoms with van der Waals surface area (Å²) in [6.07, 6.45) is 6.76. The van der Waals surface area contributed by atoms with E-state index in [-0.39, 0.29) is 18.1 Å². The van der Waals surface area contributed by atoms with E-state index in [0.29, 0.717) is 42.4 Å². The highest BCUT2D eigenvalue weighted by Gasteiger charge is 2.37. The van der Waals surface area contributed by atoms with Gasteiger partial charge in [-0.25, -0.2) is 9.97 Å². The third kappa shape index (κ3) is 5.88. The molecule has 0 radical (unpaired) electrons. The number of aryl methyl sites for hydroxylation is 1. The molecule has 52 heavy (non-hydrogen) atoms. The Morgan fingerprint density at radius 3 is 2.58 bits per heavy atom. The minimum absolute atomic E-state index is 0.159. The van der Waals surface area contributed by atoms with E-state index >= 15 is 0 Å². The normalized spacial score (nSPS) is 20.6. The number of aromatic nitrogens is 4. The number of benzene rings is 2. The number of nitrogens with zero attached hydrogens (tertiary/aromatic N) is 6. The number of likely N-dealkylation sites (tertiary alicyclic amines) is 2. The molecule has 11 nitrogen and oxygen atoms in total. The van der Waals surface area contributed by atoms with Crippen LogP contribution in [-0.4, -0.2) is 78.2 Å².